The zero-order valence-electron chi connectivity index (χ0n) is 15.0. The van der Waals surface area contributed by atoms with Crippen molar-refractivity contribution in [3.8, 4) is 0 Å². The van der Waals surface area contributed by atoms with Crippen molar-refractivity contribution in [3.05, 3.63) is 58.6 Å². The smallest absolute Gasteiger partial charge is 0.321 e. The fourth-order valence-electron chi connectivity index (χ4n) is 4.09. The molecule has 0 bridgehead atoms. The number of nitrogens with zero attached hydrogens (tertiary/aromatic N) is 1. The maximum Gasteiger partial charge on any atom is 0.321 e. The second-order valence-electron chi connectivity index (χ2n) is 7.18. The van der Waals surface area contributed by atoms with Crippen molar-refractivity contribution in [1.29, 1.82) is 0 Å². The first-order valence-corrected chi connectivity index (χ1v) is 10.1. The molecular formula is C21H22BrN3O2. The number of halogens is 1. The molecular weight excluding hydrogens is 406 g/mol. The molecule has 5 nitrogen and oxygen atoms in total. The van der Waals surface area contributed by atoms with Crippen LogP contribution in [-0.4, -0.2) is 25.0 Å². The van der Waals surface area contributed by atoms with Crippen LogP contribution in [0.2, 0.25) is 0 Å². The van der Waals surface area contributed by atoms with Gasteiger partial charge in [0, 0.05) is 28.9 Å². The Kier molecular flexibility index (Phi) is 4.91. The standard InChI is InChI=1S/C21H22BrN3O2/c22-16-5-3-15(4-6-16)21(11-1-2-12-21)19(26)24-17-7-9-18(10-8-17)25-14-13-23-20(25)27/h3-10H,1-2,11-14H2,(H,23,27)(H,24,26). The van der Waals surface area contributed by atoms with Gasteiger partial charge in [-0.1, -0.05) is 40.9 Å². The van der Waals surface area contributed by atoms with Crippen molar-refractivity contribution in [3.63, 3.8) is 0 Å². The van der Waals surface area contributed by atoms with E-state index in [1.54, 1.807) is 4.90 Å². The molecule has 6 heteroatoms. The third-order valence-corrected chi connectivity index (χ3v) is 6.11. The molecule has 0 atom stereocenters. The lowest BCUT2D eigenvalue weighted by Gasteiger charge is -2.28. The lowest BCUT2D eigenvalue weighted by atomic mass is 9.78. The molecule has 0 radical (unpaired) electrons. The van der Waals surface area contributed by atoms with Gasteiger partial charge in [0.15, 0.2) is 0 Å². The molecule has 2 aromatic carbocycles. The van der Waals surface area contributed by atoms with Gasteiger partial charge in [0.1, 0.15) is 0 Å². The lowest BCUT2D eigenvalue weighted by Crippen LogP contribution is -2.38. The number of carbonyl (C=O) groups excluding carboxylic acids is 2. The van der Waals surface area contributed by atoms with Gasteiger partial charge < -0.3 is 10.6 Å². The van der Waals surface area contributed by atoms with E-state index in [1.807, 2.05) is 48.5 Å². The van der Waals surface area contributed by atoms with Gasteiger partial charge in [0.2, 0.25) is 5.91 Å². The van der Waals surface area contributed by atoms with Crippen molar-refractivity contribution in [2.45, 2.75) is 31.1 Å². The number of benzene rings is 2. The monoisotopic (exact) mass is 427 g/mol. The third-order valence-electron chi connectivity index (χ3n) is 5.58. The van der Waals surface area contributed by atoms with Crippen molar-refractivity contribution >= 4 is 39.2 Å². The van der Waals surface area contributed by atoms with Gasteiger partial charge in [0.05, 0.1) is 5.41 Å². The number of urea groups is 1. The Morgan fingerprint density at radius 3 is 2.30 bits per heavy atom. The number of carbonyl (C=O) groups is 2. The van der Waals surface area contributed by atoms with E-state index in [0.717, 1.165) is 47.1 Å². The number of amides is 3. The van der Waals surface area contributed by atoms with Gasteiger partial charge in [-0.2, -0.15) is 0 Å². The Morgan fingerprint density at radius 1 is 1.04 bits per heavy atom. The van der Waals surface area contributed by atoms with E-state index in [-0.39, 0.29) is 11.9 Å². The lowest BCUT2D eigenvalue weighted by molar-refractivity contribution is -0.121. The SMILES string of the molecule is O=C1NCCN1c1ccc(NC(=O)C2(c3ccc(Br)cc3)CCCC2)cc1. The minimum atomic E-state index is -0.464. The van der Waals surface area contributed by atoms with E-state index in [4.69, 9.17) is 0 Å². The highest BCUT2D eigenvalue weighted by molar-refractivity contribution is 9.10. The summed E-state index contributed by atoms with van der Waals surface area (Å²) >= 11 is 3.47. The van der Waals surface area contributed by atoms with E-state index >= 15 is 0 Å². The Balaban J connectivity index is 1.53. The molecule has 2 N–H and O–H groups in total. The maximum atomic E-state index is 13.2. The zero-order chi connectivity index (χ0) is 18.9. The number of hydrogen-bond donors (Lipinski definition) is 2. The van der Waals surface area contributed by atoms with Crippen LogP contribution in [0.1, 0.15) is 31.2 Å². The van der Waals surface area contributed by atoms with Crippen molar-refractivity contribution in [2.75, 3.05) is 23.3 Å². The van der Waals surface area contributed by atoms with Gasteiger partial charge in [-0.25, -0.2) is 4.79 Å². The van der Waals surface area contributed by atoms with Crippen LogP contribution >= 0.6 is 15.9 Å². The normalized spacial score (nSPS) is 18.4. The Bertz CT molecular complexity index is 843. The highest BCUT2D eigenvalue weighted by Gasteiger charge is 2.42. The molecule has 2 aromatic rings. The molecule has 1 saturated heterocycles. The molecule has 27 heavy (non-hydrogen) atoms. The van der Waals surface area contributed by atoms with Crippen molar-refractivity contribution < 1.29 is 9.59 Å². The number of rotatable bonds is 4. The molecule has 2 fully saturated rings. The van der Waals surface area contributed by atoms with Gasteiger partial charge in [-0.3, -0.25) is 9.69 Å². The van der Waals surface area contributed by atoms with Gasteiger partial charge in [0.25, 0.3) is 0 Å². The summed E-state index contributed by atoms with van der Waals surface area (Å²) in [6.07, 6.45) is 3.86. The largest absolute Gasteiger partial charge is 0.336 e. The van der Waals surface area contributed by atoms with Crippen LogP contribution in [0.5, 0.6) is 0 Å². The Morgan fingerprint density at radius 2 is 1.70 bits per heavy atom. The summed E-state index contributed by atoms with van der Waals surface area (Å²) in [4.78, 5) is 26.7. The van der Waals surface area contributed by atoms with Gasteiger partial charge in [-0.15, -0.1) is 0 Å². The predicted octanol–water partition coefficient (Wildman–Crippen LogP) is 4.43. The van der Waals surface area contributed by atoms with Crippen molar-refractivity contribution in [1.82, 2.24) is 5.32 Å². The number of anilines is 2. The summed E-state index contributed by atoms with van der Waals surface area (Å²) in [6.45, 7) is 1.32. The summed E-state index contributed by atoms with van der Waals surface area (Å²) in [5.74, 6) is 0.0500. The molecule has 1 heterocycles. The summed E-state index contributed by atoms with van der Waals surface area (Å²) in [5.41, 5.74) is 2.21. The van der Waals surface area contributed by atoms with Crippen LogP contribution in [0.15, 0.2) is 53.0 Å². The molecule has 1 aliphatic heterocycles. The van der Waals surface area contributed by atoms with Crippen LogP contribution in [0.3, 0.4) is 0 Å². The fraction of sp³-hybridized carbons (Fsp3) is 0.333. The molecule has 3 amide bonds. The average Bonchev–Trinajstić information content (AvgIpc) is 3.33. The molecule has 0 unspecified atom stereocenters. The quantitative estimate of drug-likeness (QED) is 0.757. The summed E-state index contributed by atoms with van der Waals surface area (Å²) in [5, 5.41) is 5.89. The van der Waals surface area contributed by atoms with Crippen LogP contribution < -0.4 is 15.5 Å². The minimum Gasteiger partial charge on any atom is -0.336 e. The molecule has 4 rings (SSSR count). The minimum absolute atomic E-state index is 0.0500. The van der Waals surface area contributed by atoms with E-state index in [2.05, 4.69) is 26.6 Å². The topological polar surface area (TPSA) is 61.4 Å². The first kappa shape index (κ1) is 18.0. The van der Waals surface area contributed by atoms with Crippen LogP contribution in [0, 0.1) is 0 Å². The molecule has 2 aliphatic rings. The summed E-state index contributed by atoms with van der Waals surface area (Å²) < 4.78 is 1.02. The van der Waals surface area contributed by atoms with E-state index < -0.39 is 5.41 Å². The van der Waals surface area contributed by atoms with Crippen LogP contribution in [0.4, 0.5) is 16.2 Å². The Hall–Kier alpha value is -2.34. The van der Waals surface area contributed by atoms with Gasteiger partial charge in [-0.05, 0) is 54.8 Å². The predicted molar refractivity (Wildman–Crippen MR) is 110 cm³/mol. The third kappa shape index (κ3) is 3.46. The second kappa shape index (κ2) is 7.35. The molecule has 0 spiro atoms. The van der Waals surface area contributed by atoms with E-state index in [9.17, 15) is 9.59 Å². The highest BCUT2D eigenvalue weighted by Crippen LogP contribution is 2.42. The van der Waals surface area contributed by atoms with Crippen LogP contribution in [0.25, 0.3) is 0 Å². The number of hydrogen-bond acceptors (Lipinski definition) is 2. The molecule has 1 aliphatic carbocycles. The highest BCUT2D eigenvalue weighted by atomic mass is 79.9. The van der Waals surface area contributed by atoms with Crippen molar-refractivity contribution in [2.24, 2.45) is 0 Å². The fourth-order valence-corrected chi connectivity index (χ4v) is 4.35. The Labute approximate surface area is 167 Å². The van der Waals surface area contributed by atoms with Gasteiger partial charge >= 0.3 is 6.03 Å². The molecule has 140 valence electrons. The van der Waals surface area contributed by atoms with E-state index in [1.165, 1.54) is 0 Å². The maximum absolute atomic E-state index is 13.2. The van der Waals surface area contributed by atoms with Crippen LogP contribution in [-0.2, 0) is 10.2 Å². The summed E-state index contributed by atoms with van der Waals surface area (Å²) in [6, 6.07) is 15.5. The zero-order valence-corrected chi connectivity index (χ0v) is 16.6. The molecule has 0 aromatic heterocycles. The first-order valence-electron chi connectivity index (χ1n) is 9.31. The second-order valence-corrected chi connectivity index (χ2v) is 8.10. The number of nitrogens with one attached hydrogen (secondary N) is 2. The first-order chi connectivity index (χ1) is 13.1. The van der Waals surface area contributed by atoms with E-state index in [0.29, 0.717) is 13.1 Å². The molecule has 1 saturated carbocycles. The summed E-state index contributed by atoms with van der Waals surface area (Å²) in [7, 11) is 0. The average molecular weight is 428 g/mol.